The van der Waals surface area contributed by atoms with Gasteiger partial charge in [0.05, 0.1) is 6.61 Å². The monoisotopic (exact) mass is 299 g/mol. The first-order chi connectivity index (χ1) is 9.72. The van der Waals surface area contributed by atoms with Crippen molar-refractivity contribution >= 4 is 17.7 Å². The summed E-state index contributed by atoms with van der Waals surface area (Å²) >= 11 is 0. The quantitative estimate of drug-likeness (QED) is 0.636. The number of amides is 3. The predicted octanol–water partition coefficient (Wildman–Crippen LogP) is -0.753. The van der Waals surface area contributed by atoms with Gasteiger partial charge in [0.15, 0.2) is 0 Å². The van der Waals surface area contributed by atoms with Crippen molar-refractivity contribution in [2.75, 3.05) is 20.2 Å². The lowest BCUT2D eigenvalue weighted by Gasteiger charge is -2.29. The number of likely N-dealkylation sites (N-methyl/N-ethyl adjacent to an activating group) is 1. The fourth-order valence-electron chi connectivity index (χ4n) is 2.23. The van der Waals surface area contributed by atoms with E-state index >= 15 is 0 Å². The molecule has 3 amide bonds. The standard InChI is InChI=1S/C14H25N3O4/c1-14(2,3)13(21)16-9(8-18)12(20)17-7-5-6-10(17)11(19)15-4/h9-10,18H,5-8H2,1-4H3,(H,15,19)(H,16,21)/t9-,10-/m0/s1. The Morgan fingerprint density at radius 1 is 1.33 bits per heavy atom. The molecule has 0 unspecified atom stereocenters. The van der Waals surface area contributed by atoms with E-state index in [4.69, 9.17) is 0 Å². The lowest BCUT2D eigenvalue weighted by Crippen LogP contribution is -2.55. The van der Waals surface area contributed by atoms with Crippen molar-refractivity contribution in [1.29, 1.82) is 0 Å². The molecule has 7 heteroatoms. The minimum atomic E-state index is -1.01. The highest BCUT2D eigenvalue weighted by Gasteiger charge is 2.37. The average Bonchev–Trinajstić information content (AvgIpc) is 2.90. The van der Waals surface area contributed by atoms with Gasteiger partial charge in [-0.25, -0.2) is 0 Å². The number of nitrogens with zero attached hydrogens (tertiary/aromatic N) is 1. The smallest absolute Gasteiger partial charge is 0.248 e. The molecule has 0 saturated carbocycles. The van der Waals surface area contributed by atoms with Crippen LogP contribution in [0.3, 0.4) is 0 Å². The second-order valence-electron chi connectivity index (χ2n) is 6.26. The van der Waals surface area contributed by atoms with Gasteiger partial charge in [-0.1, -0.05) is 20.8 Å². The Bertz CT molecular complexity index is 417. The fraction of sp³-hybridized carbons (Fsp3) is 0.786. The van der Waals surface area contributed by atoms with E-state index in [9.17, 15) is 19.5 Å². The van der Waals surface area contributed by atoms with Crippen molar-refractivity contribution in [3.63, 3.8) is 0 Å². The van der Waals surface area contributed by atoms with Crippen molar-refractivity contribution in [3.05, 3.63) is 0 Å². The topological polar surface area (TPSA) is 98.7 Å². The van der Waals surface area contributed by atoms with E-state index < -0.39 is 30.0 Å². The first-order valence-corrected chi connectivity index (χ1v) is 7.16. The van der Waals surface area contributed by atoms with Gasteiger partial charge in [0.25, 0.3) is 0 Å². The maximum Gasteiger partial charge on any atom is 0.248 e. The van der Waals surface area contributed by atoms with Crippen LogP contribution >= 0.6 is 0 Å². The molecule has 21 heavy (non-hydrogen) atoms. The van der Waals surface area contributed by atoms with Crippen molar-refractivity contribution < 1.29 is 19.5 Å². The highest BCUT2D eigenvalue weighted by Crippen LogP contribution is 2.19. The summed E-state index contributed by atoms with van der Waals surface area (Å²) in [5.41, 5.74) is -0.654. The van der Waals surface area contributed by atoms with Crippen LogP contribution in [-0.4, -0.2) is 60.0 Å². The Morgan fingerprint density at radius 2 is 1.95 bits per heavy atom. The van der Waals surface area contributed by atoms with Crippen LogP contribution < -0.4 is 10.6 Å². The van der Waals surface area contributed by atoms with Gasteiger partial charge in [-0.2, -0.15) is 0 Å². The molecule has 1 saturated heterocycles. The summed E-state index contributed by atoms with van der Waals surface area (Å²) in [6, 6.07) is -1.54. The molecule has 0 aliphatic carbocycles. The number of aliphatic hydroxyl groups is 1. The highest BCUT2D eigenvalue weighted by molar-refractivity contribution is 5.93. The van der Waals surface area contributed by atoms with Crippen LogP contribution in [0.1, 0.15) is 33.6 Å². The molecule has 1 fully saturated rings. The van der Waals surface area contributed by atoms with E-state index in [2.05, 4.69) is 10.6 Å². The van der Waals surface area contributed by atoms with E-state index in [1.54, 1.807) is 20.8 Å². The summed E-state index contributed by atoms with van der Waals surface area (Å²) in [7, 11) is 1.52. The largest absolute Gasteiger partial charge is 0.394 e. The van der Waals surface area contributed by atoms with Crippen molar-refractivity contribution in [2.45, 2.75) is 45.7 Å². The lowest BCUT2D eigenvalue weighted by atomic mass is 9.95. The number of hydrogen-bond acceptors (Lipinski definition) is 4. The van der Waals surface area contributed by atoms with Gasteiger partial charge < -0.3 is 20.6 Å². The average molecular weight is 299 g/mol. The summed E-state index contributed by atoms with van der Waals surface area (Å²) < 4.78 is 0. The SMILES string of the molecule is CNC(=O)[C@@H]1CCCN1C(=O)[C@H](CO)NC(=O)C(C)(C)C. The molecule has 1 aliphatic rings. The molecular formula is C14H25N3O4. The number of nitrogens with one attached hydrogen (secondary N) is 2. The molecule has 1 heterocycles. The van der Waals surface area contributed by atoms with Gasteiger partial charge in [0.1, 0.15) is 12.1 Å². The van der Waals surface area contributed by atoms with Gasteiger partial charge >= 0.3 is 0 Å². The maximum absolute atomic E-state index is 12.4. The Hall–Kier alpha value is -1.63. The first kappa shape index (κ1) is 17.4. The normalized spacial score (nSPS) is 20.0. The zero-order chi connectivity index (χ0) is 16.2. The molecule has 0 radical (unpaired) electrons. The number of rotatable bonds is 4. The molecule has 120 valence electrons. The van der Waals surface area contributed by atoms with Crippen molar-refractivity contribution in [2.24, 2.45) is 5.41 Å². The highest BCUT2D eigenvalue weighted by atomic mass is 16.3. The molecule has 1 rings (SSSR count). The number of carbonyl (C=O) groups is 3. The Morgan fingerprint density at radius 3 is 2.43 bits per heavy atom. The first-order valence-electron chi connectivity index (χ1n) is 7.16. The molecule has 0 aromatic rings. The minimum Gasteiger partial charge on any atom is -0.394 e. The number of aliphatic hydroxyl groups excluding tert-OH is 1. The van der Waals surface area contributed by atoms with E-state index in [-0.39, 0.29) is 11.8 Å². The van der Waals surface area contributed by atoms with E-state index in [1.165, 1.54) is 11.9 Å². The Labute approximate surface area is 125 Å². The van der Waals surface area contributed by atoms with Crippen molar-refractivity contribution in [3.8, 4) is 0 Å². The third-order valence-electron chi connectivity index (χ3n) is 3.55. The van der Waals surface area contributed by atoms with Crippen LogP contribution in [0, 0.1) is 5.41 Å². The van der Waals surface area contributed by atoms with Gasteiger partial charge in [0.2, 0.25) is 17.7 Å². The number of carbonyl (C=O) groups excluding carboxylic acids is 3. The van der Waals surface area contributed by atoms with E-state index in [0.29, 0.717) is 13.0 Å². The number of likely N-dealkylation sites (tertiary alicyclic amines) is 1. The third-order valence-corrected chi connectivity index (χ3v) is 3.55. The molecular weight excluding hydrogens is 274 g/mol. The third kappa shape index (κ3) is 4.17. The molecule has 0 aromatic heterocycles. The second kappa shape index (κ2) is 6.89. The van der Waals surface area contributed by atoms with E-state index in [1.807, 2.05) is 0 Å². The molecule has 7 nitrogen and oxygen atoms in total. The maximum atomic E-state index is 12.4. The Balaban J connectivity index is 2.79. The fourth-order valence-corrected chi connectivity index (χ4v) is 2.23. The van der Waals surface area contributed by atoms with Crippen LogP contribution in [0.25, 0.3) is 0 Å². The summed E-state index contributed by atoms with van der Waals surface area (Å²) in [4.78, 5) is 37.6. The molecule has 0 bridgehead atoms. The predicted molar refractivity (Wildman–Crippen MR) is 77.3 cm³/mol. The van der Waals surface area contributed by atoms with Crippen LogP contribution in [0.2, 0.25) is 0 Å². The lowest BCUT2D eigenvalue weighted by molar-refractivity contribution is -0.143. The van der Waals surface area contributed by atoms with Gasteiger partial charge in [0, 0.05) is 19.0 Å². The summed E-state index contributed by atoms with van der Waals surface area (Å²) in [6.07, 6.45) is 1.33. The summed E-state index contributed by atoms with van der Waals surface area (Å²) in [5.74, 6) is -0.952. The van der Waals surface area contributed by atoms with Crippen LogP contribution in [0.15, 0.2) is 0 Å². The van der Waals surface area contributed by atoms with Gasteiger partial charge in [-0.15, -0.1) is 0 Å². The summed E-state index contributed by atoms with van der Waals surface area (Å²) in [6.45, 7) is 5.15. The zero-order valence-electron chi connectivity index (χ0n) is 13.1. The van der Waals surface area contributed by atoms with E-state index in [0.717, 1.165) is 6.42 Å². The van der Waals surface area contributed by atoms with Crippen LogP contribution in [0.4, 0.5) is 0 Å². The van der Waals surface area contributed by atoms with Crippen LogP contribution in [0.5, 0.6) is 0 Å². The van der Waals surface area contributed by atoms with Crippen LogP contribution in [-0.2, 0) is 14.4 Å². The minimum absolute atomic E-state index is 0.223. The summed E-state index contributed by atoms with van der Waals surface area (Å²) in [5, 5.41) is 14.5. The molecule has 0 spiro atoms. The van der Waals surface area contributed by atoms with Crippen molar-refractivity contribution in [1.82, 2.24) is 15.5 Å². The molecule has 3 N–H and O–H groups in total. The zero-order valence-corrected chi connectivity index (χ0v) is 13.1. The second-order valence-corrected chi connectivity index (χ2v) is 6.26. The molecule has 0 aromatic carbocycles. The molecule has 1 aliphatic heterocycles. The number of hydrogen-bond donors (Lipinski definition) is 3. The Kier molecular flexibility index (Phi) is 5.71. The molecule has 2 atom stereocenters. The van der Waals surface area contributed by atoms with Gasteiger partial charge in [-0.05, 0) is 12.8 Å². The van der Waals surface area contributed by atoms with Gasteiger partial charge in [-0.3, -0.25) is 14.4 Å².